The van der Waals surface area contributed by atoms with E-state index in [2.05, 4.69) is 9.72 Å². The first kappa shape index (κ1) is 14.7. The first-order valence-electron chi connectivity index (χ1n) is 5.30. The lowest BCUT2D eigenvalue weighted by molar-refractivity contribution is 0.0541. The van der Waals surface area contributed by atoms with Gasteiger partial charge in [0.05, 0.1) is 0 Å². The fourth-order valence-corrected chi connectivity index (χ4v) is 1.53. The van der Waals surface area contributed by atoms with E-state index in [4.69, 9.17) is 19.9 Å². The summed E-state index contributed by atoms with van der Waals surface area (Å²) in [5.41, 5.74) is 5.20. The molecule has 0 bridgehead atoms. The number of rotatable bonds is 6. The van der Waals surface area contributed by atoms with Crippen LogP contribution in [0.15, 0.2) is 4.42 Å². The van der Waals surface area contributed by atoms with Gasteiger partial charge in [-0.05, 0) is 6.42 Å². The van der Waals surface area contributed by atoms with Crippen molar-refractivity contribution in [3.05, 3.63) is 11.5 Å². The molecule has 0 amide bonds. The molecule has 102 valence electrons. The van der Waals surface area contributed by atoms with Crippen LogP contribution in [-0.4, -0.2) is 27.1 Å². The third kappa shape index (κ3) is 4.48. The van der Waals surface area contributed by atoms with E-state index < -0.39 is 19.9 Å². The van der Waals surface area contributed by atoms with Crippen molar-refractivity contribution < 1.29 is 28.3 Å². The highest BCUT2D eigenvalue weighted by molar-refractivity contribution is 7.51. The Kier molecular flexibility index (Phi) is 4.89. The number of carbonyl (C=O) groups excluding carboxylic acids is 1. The maximum atomic E-state index is 11.5. The summed E-state index contributed by atoms with van der Waals surface area (Å²) in [6, 6.07) is -0.177. The van der Waals surface area contributed by atoms with E-state index in [0.29, 0.717) is 6.42 Å². The lowest BCUT2D eigenvalue weighted by Gasteiger charge is -2.04. The Balaban J connectivity index is 2.75. The van der Waals surface area contributed by atoms with Crippen molar-refractivity contribution in [1.29, 1.82) is 0 Å². The predicted octanol–water partition coefficient (Wildman–Crippen LogP) is 0.891. The number of hydrogen-bond donors (Lipinski definition) is 3. The fraction of sp³-hybridized carbons (Fsp3) is 0.556. The molecular formula is C9H15N2O6P. The van der Waals surface area contributed by atoms with E-state index in [9.17, 15) is 9.36 Å². The third-order valence-corrected chi connectivity index (χ3v) is 2.49. The second kappa shape index (κ2) is 5.99. The van der Waals surface area contributed by atoms with Crippen LogP contribution in [0.25, 0.3) is 0 Å². The second-order valence-corrected chi connectivity index (χ2v) is 5.24. The van der Waals surface area contributed by atoms with Gasteiger partial charge in [0.1, 0.15) is 5.76 Å². The summed E-state index contributed by atoms with van der Waals surface area (Å²) in [5.74, 6) is -0.685. The molecular weight excluding hydrogens is 263 g/mol. The standard InChI is InChI=1S/C9H15N2O6P/c1-2-3-4-6-7(11-9(10)17-6)8(12)16-5-18(13,14)15/h2-5H2,1H3,(H2,10,11)(H2,13,14,15). The van der Waals surface area contributed by atoms with Crippen molar-refractivity contribution in [1.82, 2.24) is 4.98 Å². The van der Waals surface area contributed by atoms with Gasteiger partial charge in [-0.2, -0.15) is 4.98 Å². The highest BCUT2D eigenvalue weighted by atomic mass is 31.2. The molecule has 1 aromatic rings. The van der Waals surface area contributed by atoms with Crippen molar-refractivity contribution >= 4 is 19.6 Å². The van der Waals surface area contributed by atoms with Gasteiger partial charge < -0.3 is 24.7 Å². The van der Waals surface area contributed by atoms with Gasteiger partial charge in [0.2, 0.25) is 0 Å². The van der Waals surface area contributed by atoms with Crippen LogP contribution in [0.2, 0.25) is 0 Å². The maximum absolute atomic E-state index is 11.5. The fourth-order valence-electron chi connectivity index (χ4n) is 1.25. The highest BCUT2D eigenvalue weighted by Crippen LogP contribution is 2.34. The van der Waals surface area contributed by atoms with E-state index in [1.807, 2.05) is 6.92 Å². The van der Waals surface area contributed by atoms with Gasteiger partial charge in [0.15, 0.2) is 12.0 Å². The zero-order valence-corrected chi connectivity index (χ0v) is 10.7. The van der Waals surface area contributed by atoms with Crippen LogP contribution in [-0.2, 0) is 15.7 Å². The minimum Gasteiger partial charge on any atom is -0.448 e. The smallest absolute Gasteiger partial charge is 0.362 e. The van der Waals surface area contributed by atoms with Crippen LogP contribution in [0.1, 0.15) is 36.0 Å². The lowest BCUT2D eigenvalue weighted by Crippen LogP contribution is -2.09. The largest absolute Gasteiger partial charge is 0.448 e. The monoisotopic (exact) mass is 278 g/mol. The summed E-state index contributed by atoms with van der Waals surface area (Å²) < 4.78 is 20.1. The van der Waals surface area contributed by atoms with Crippen molar-refractivity contribution in [2.24, 2.45) is 0 Å². The van der Waals surface area contributed by atoms with Crippen LogP contribution < -0.4 is 5.73 Å². The summed E-state index contributed by atoms with van der Waals surface area (Å²) >= 11 is 0. The number of carbonyl (C=O) groups is 1. The average molecular weight is 278 g/mol. The molecule has 18 heavy (non-hydrogen) atoms. The Bertz CT molecular complexity index is 466. The number of oxazole rings is 1. The first-order chi connectivity index (χ1) is 8.33. The van der Waals surface area contributed by atoms with E-state index in [0.717, 1.165) is 12.8 Å². The molecule has 0 saturated heterocycles. The van der Waals surface area contributed by atoms with Crippen molar-refractivity contribution in [3.63, 3.8) is 0 Å². The van der Waals surface area contributed by atoms with Crippen LogP contribution in [0.4, 0.5) is 6.01 Å². The minimum atomic E-state index is -4.40. The predicted molar refractivity (Wildman–Crippen MR) is 61.9 cm³/mol. The molecule has 0 saturated carbocycles. The second-order valence-electron chi connectivity index (χ2n) is 3.65. The zero-order chi connectivity index (χ0) is 13.8. The molecule has 1 aromatic heterocycles. The lowest BCUT2D eigenvalue weighted by atomic mass is 10.2. The number of aryl methyl sites for hydroxylation is 1. The highest BCUT2D eigenvalue weighted by Gasteiger charge is 2.23. The quantitative estimate of drug-likeness (QED) is 0.515. The van der Waals surface area contributed by atoms with Crippen molar-refractivity contribution in [3.8, 4) is 0 Å². The number of aromatic nitrogens is 1. The Morgan fingerprint density at radius 1 is 1.56 bits per heavy atom. The Morgan fingerprint density at radius 3 is 2.78 bits per heavy atom. The Morgan fingerprint density at radius 2 is 2.22 bits per heavy atom. The molecule has 0 unspecified atom stereocenters. The van der Waals surface area contributed by atoms with Gasteiger partial charge in [-0.1, -0.05) is 13.3 Å². The van der Waals surface area contributed by atoms with Crippen LogP contribution in [0.3, 0.4) is 0 Å². The number of anilines is 1. The van der Waals surface area contributed by atoms with Crippen molar-refractivity contribution in [2.45, 2.75) is 26.2 Å². The Labute approximate surface area is 103 Å². The molecule has 4 N–H and O–H groups in total. The molecule has 0 spiro atoms. The molecule has 8 nitrogen and oxygen atoms in total. The number of esters is 1. The van der Waals surface area contributed by atoms with Gasteiger partial charge in [0.25, 0.3) is 6.01 Å². The topological polar surface area (TPSA) is 136 Å². The van der Waals surface area contributed by atoms with Crippen LogP contribution >= 0.6 is 7.60 Å². The molecule has 0 radical (unpaired) electrons. The van der Waals surface area contributed by atoms with E-state index >= 15 is 0 Å². The average Bonchev–Trinajstić information content (AvgIpc) is 2.63. The molecule has 0 aromatic carbocycles. The summed E-state index contributed by atoms with van der Waals surface area (Å²) in [4.78, 5) is 32.4. The van der Waals surface area contributed by atoms with Gasteiger partial charge >= 0.3 is 13.6 Å². The normalized spacial score (nSPS) is 11.5. The van der Waals surface area contributed by atoms with Gasteiger partial charge in [-0.15, -0.1) is 0 Å². The molecule has 1 rings (SSSR count). The Hall–Kier alpha value is -1.37. The summed E-state index contributed by atoms with van der Waals surface area (Å²) in [6.45, 7) is 1.96. The van der Waals surface area contributed by atoms with Gasteiger partial charge in [-0.25, -0.2) is 4.79 Å². The summed E-state index contributed by atoms with van der Waals surface area (Å²) in [5, 5.41) is 0. The molecule has 0 aliphatic carbocycles. The van der Waals surface area contributed by atoms with Crippen LogP contribution in [0, 0.1) is 0 Å². The van der Waals surface area contributed by atoms with E-state index in [1.165, 1.54) is 0 Å². The molecule has 0 aliphatic rings. The molecule has 1 heterocycles. The molecule has 0 aliphatic heterocycles. The van der Waals surface area contributed by atoms with Gasteiger partial charge in [0, 0.05) is 6.42 Å². The third-order valence-electron chi connectivity index (χ3n) is 2.03. The molecule has 0 atom stereocenters. The summed E-state index contributed by atoms with van der Waals surface area (Å²) in [6.07, 6.45) is 1.12. The van der Waals surface area contributed by atoms with Crippen molar-refractivity contribution in [2.75, 3.05) is 12.1 Å². The number of nitrogens with zero attached hydrogens (tertiary/aromatic N) is 1. The van der Waals surface area contributed by atoms with Crippen LogP contribution in [0.5, 0.6) is 0 Å². The molecule has 9 heteroatoms. The number of unbranched alkanes of at least 4 members (excludes halogenated alkanes) is 1. The first-order valence-corrected chi connectivity index (χ1v) is 7.10. The minimum absolute atomic E-state index is 0.130. The summed E-state index contributed by atoms with van der Waals surface area (Å²) in [7, 11) is -4.40. The number of nitrogen functional groups attached to an aromatic ring is 1. The zero-order valence-electron chi connectivity index (χ0n) is 9.83. The number of hydrogen-bond acceptors (Lipinski definition) is 6. The SMILES string of the molecule is CCCCc1oc(N)nc1C(=O)OCP(=O)(O)O. The number of nitrogens with two attached hydrogens (primary N) is 1. The molecule has 0 fully saturated rings. The van der Waals surface area contributed by atoms with Gasteiger partial charge in [-0.3, -0.25) is 4.57 Å². The number of ether oxygens (including phenoxy) is 1. The van der Waals surface area contributed by atoms with E-state index in [1.54, 1.807) is 0 Å². The van der Waals surface area contributed by atoms with E-state index in [-0.39, 0.29) is 17.5 Å². The maximum Gasteiger partial charge on any atom is 0.362 e.